The van der Waals surface area contributed by atoms with Crippen molar-refractivity contribution in [3.05, 3.63) is 18.2 Å². The second-order valence-corrected chi connectivity index (χ2v) is 4.00. The number of alkyl halides is 3. The van der Waals surface area contributed by atoms with Crippen LogP contribution >= 0.6 is 0 Å². The second kappa shape index (κ2) is 4.09. The molecule has 1 fully saturated rings. The highest BCUT2D eigenvalue weighted by molar-refractivity contribution is 5.43. The molecule has 1 heterocycles. The Hall–Kier alpha value is -1.46. The maximum atomic E-state index is 12.7. The lowest BCUT2D eigenvalue weighted by atomic mass is 10.2. The molecule has 94 valence electrons. The molecular weight excluding hydrogens is 233 g/mol. The summed E-state index contributed by atoms with van der Waals surface area (Å²) in [5.41, 5.74) is -1.79. The zero-order chi connectivity index (χ0) is 12.5. The number of aromatic nitrogens is 1. The molecule has 0 amide bonds. The highest BCUT2D eigenvalue weighted by Gasteiger charge is 2.63. The van der Waals surface area contributed by atoms with Crippen LogP contribution in [0.2, 0.25) is 0 Å². The van der Waals surface area contributed by atoms with Crippen molar-refractivity contribution in [3.8, 4) is 5.88 Å². The van der Waals surface area contributed by atoms with Crippen molar-refractivity contribution in [1.29, 1.82) is 0 Å². The molecule has 6 heteroatoms. The topological polar surface area (TPSA) is 34.1 Å². The molecule has 0 saturated heterocycles. The molecular formula is C11H13F3N2O. The van der Waals surface area contributed by atoms with Crippen LogP contribution in [0.3, 0.4) is 0 Å². The molecule has 1 N–H and O–H groups in total. The summed E-state index contributed by atoms with van der Waals surface area (Å²) < 4.78 is 43.3. The Labute approximate surface area is 97.0 Å². The standard InChI is InChI=1S/C11H13F3N2O/c1-2-17-9-5-3-4-8(15-9)16-10(6-7-10)11(12,13)14/h3-5H,2,6-7H2,1H3,(H,15,16). The number of nitrogens with zero attached hydrogens (tertiary/aromatic N) is 1. The van der Waals surface area contributed by atoms with Crippen molar-refractivity contribution in [2.75, 3.05) is 11.9 Å². The van der Waals surface area contributed by atoms with Gasteiger partial charge in [0.1, 0.15) is 11.4 Å². The van der Waals surface area contributed by atoms with Crippen LogP contribution in [0.15, 0.2) is 18.2 Å². The molecule has 1 saturated carbocycles. The minimum atomic E-state index is -4.24. The molecule has 17 heavy (non-hydrogen) atoms. The van der Waals surface area contributed by atoms with Gasteiger partial charge in [0, 0.05) is 6.07 Å². The zero-order valence-corrected chi connectivity index (χ0v) is 9.34. The monoisotopic (exact) mass is 246 g/mol. The van der Waals surface area contributed by atoms with Crippen LogP contribution < -0.4 is 10.1 Å². The summed E-state index contributed by atoms with van der Waals surface area (Å²) in [5, 5.41) is 2.45. The zero-order valence-electron chi connectivity index (χ0n) is 9.34. The van der Waals surface area contributed by atoms with Gasteiger partial charge in [0.25, 0.3) is 0 Å². The SMILES string of the molecule is CCOc1cccc(NC2(C(F)(F)F)CC2)n1. The van der Waals surface area contributed by atoms with Crippen LogP contribution in [0.25, 0.3) is 0 Å². The van der Waals surface area contributed by atoms with Crippen LogP contribution in [0, 0.1) is 0 Å². The fourth-order valence-corrected chi connectivity index (χ4v) is 1.56. The van der Waals surface area contributed by atoms with Gasteiger partial charge in [-0.05, 0) is 25.8 Å². The molecule has 1 aliphatic rings. The summed E-state index contributed by atoms with van der Waals surface area (Å²) in [6.07, 6.45) is -4.05. The second-order valence-electron chi connectivity index (χ2n) is 4.00. The minimum Gasteiger partial charge on any atom is -0.478 e. The smallest absolute Gasteiger partial charge is 0.411 e. The molecule has 1 aromatic rings. The lowest BCUT2D eigenvalue weighted by molar-refractivity contribution is -0.151. The Morgan fingerprint density at radius 1 is 1.41 bits per heavy atom. The van der Waals surface area contributed by atoms with Crippen molar-refractivity contribution in [2.24, 2.45) is 0 Å². The third-order valence-corrected chi connectivity index (χ3v) is 2.68. The van der Waals surface area contributed by atoms with E-state index in [2.05, 4.69) is 10.3 Å². The number of hydrogen-bond donors (Lipinski definition) is 1. The van der Waals surface area contributed by atoms with Gasteiger partial charge >= 0.3 is 6.18 Å². The predicted octanol–water partition coefficient (Wildman–Crippen LogP) is 2.99. The van der Waals surface area contributed by atoms with Gasteiger partial charge in [-0.1, -0.05) is 6.07 Å². The van der Waals surface area contributed by atoms with E-state index in [1.165, 1.54) is 6.07 Å². The van der Waals surface area contributed by atoms with Crippen molar-refractivity contribution in [3.63, 3.8) is 0 Å². The summed E-state index contributed by atoms with van der Waals surface area (Å²) in [7, 11) is 0. The molecule has 0 aromatic carbocycles. The van der Waals surface area contributed by atoms with Gasteiger partial charge in [0.2, 0.25) is 5.88 Å². The third-order valence-electron chi connectivity index (χ3n) is 2.68. The summed E-state index contributed by atoms with van der Waals surface area (Å²) >= 11 is 0. The first-order chi connectivity index (χ1) is 7.97. The van der Waals surface area contributed by atoms with Gasteiger partial charge in [0.05, 0.1) is 6.61 Å². The number of ether oxygens (including phenoxy) is 1. The first-order valence-electron chi connectivity index (χ1n) is 5.42. The van der Waals surface area contributed by atoms with Crippen molar-refractivity contribution in [2.45, 2.75) is 31.5 Å². The Balaban J connectivity index is 2.11. The van der Waals surface area contributed by atoms with E-state index < -0.39 is 11.7 Å². The van der Waals surface area contributed by atoms with E-state index in [1.807, 2.05) is 0 Å². The van der Waals surface area contributed by atoms with E-state index in [1.54, 1.807) is 19.1 Å². The maximum Gasteiger partial charge on any atom is 0.411 e. The number of halogens is 3. The van der Waals surface area contributed by atoms with Crippen molar-refractivity contribution < 1.29 is 17.9 Å². The van der Waals surface area contributed by atoms with Crippen molar-refractivity contribution >= 4 is 5.82 Å². The fraction of sp³-hybridized carbons (Fsp3) is 0.545. The van der Waals surface area contributed by atoms with Crippen LogP contribution in [-0.2, 0) is 0 Å². The van der Waals surface area contributed by atoms with E-state index in [-0.39, 0.29) is 18.7 Å². The minimum absolute atomic E-state index is 0.0943. The maximum absolute atomic E-state index is 12.7. The first-order valence-corrected chi connectivity index (χ1v) is 5.42. The average molecular weight is 246 g/mol. The number of rotatable bonds is 4. The normalized spacial score (nSPS) is 17.6. The van der Waals surface area contributed by atoms with E-state index >= 15 is 0 Å². The average Bonchev–Trinajstić information content (AvgIpc) is 2.99. The van der Waals surface area contributed by atoms with Gasteiger partial charge in [-0.2, -0.15) is 18.2 Å². The van der Waals surface area contributed by atoms with E-state index in [4.69, 9.17) is 4.74 Å². The number of pyridine rings is 1. The Kier molecular flexibility index (Phi) is 2.89. The van der Waals surface area contributed by atoms with Crippen LogP contribution in [0.5, 0.6) is 5.88 Å². The molecule has 0 bridgehead atoms. The third kappa shape index (κ3) is 2.45. The highest BCUT2D eigenvalue weighted by atomic mass is 19.4. The Bertz CT molecular complexity index is 402. The van der Waals surface area contributed by atoms with E-state index in [9.17, 15) is 13.2 Å². The summed E-state index contributed by atoms with van der Waals surface area (Å²) in [6, 6.07) is 4.74. The van der Waals surface area contributed by atoms with Gasteiger partial charge in [0.15, 0.2) is 0 Å². The Morgan fingerprint density at radius 2 is 2.12 bits per heavy atom. The van der Waals surface area contributed by atoms with Gasteiger partial charge in [-0.25, -0.2) is 0 Å². The summed E-state index contributed by atoms with van der Waals surface area (Å²) in [5.74, 6) is 0.529. The molecule has 0 unspecified atom stereocenters. The van der Waals surface area contributed by atoms with Gasteiger partial charge in [-0.3, -0.25) is 0 Å². The molecule has 0 atom stereocenters. The highest BCUT2D eigenvalue weighted by Crippen LogP contribution is 2.50. The molecule has 0 spiro atoms. The van der Waals surface area contributed by atoms with Crippen LogP contribution in [0.1, 0.15) is 19.8 Å². The number of anilines is 1. The number of hydrogen-bond acceptors (Lipinski definition) is 3. The molecule has 0 radical (unpaired) electrons. The summed E-state index contributed by atoms with van der Waals surface area (Å²) in [6.45, 7) is 2.22. The van der Waals surface area contributed by atoms with Gasteiger partial charge < -0.3 is 10.1 Å². The van der Waals surface area contributed by atoms with E-state index in [0.717, 1.165) is 0 Å². The van der Waals surface area contributed by atoms with Crippen molar-refractivity contribution in [1.82, 2.24) is 4.98 Å². The predicted molar refractivity (Wildman–Crippen MR) is 57.0 cm³/mol. The molecule has 3 nitrogen and oxygen atoms in total. The summed E-state index contributed by atoms with van der Waals surface area (Å²) in [4.78, 5) is 3.97. The van der Waals surface area contributed by atoms with Crippen LogP contribution in [-0.4, -0.2) is 23.3 Å². The number of nitrogens with one attached hydrogen (secondary N) is 1. The first kappa shape index (κ1) is 12.0. The molecule has 2 rings (SSSR count). The molecule has 1 aromatic heterocycles. The molecule has 1 aliphatic carbocycles. The quantitative estimate of drug-likeness (QED) is 0.886. The van der Waals surface area contributed by atoms with E-state index in [0.29, 0.717) is 12.5 Å². The molecule has 0 aliphatic heterocycles. The lowest BCUT2D eigenvalue weighted by Gasteiger charge is -2.21. The fourth-order valence-electron chi connectivity index (χ4n) is 1.56. The van der Waals surface area contributed by atoms with Gasteiger partial charge in [-0.15, -0.1) is 0 Å². The Morgan fingerprint density at radius 3 is 2.65 bits per heavy atom. The largest absolute Gasteiger partial charge is 0.478 e. The van der Waals surface area contributed by atoms with Crippen LogP contribution in [0.4, 0.5) is 19.0 Å². The lowest BCUT2D eigenvalue weighted by Crippen LogP contribution is -2.38.